The van der Waals surface area contributed by atoms with Gasteiger partial charge in [-0.05, 0) is 25.5 Å². The van der Waals surface area contributed by atoms with Crippen LogP contribution < -0.4 is 16.4 Å². The van der Waals surface area contributed by atoms with Crippen molar-refractivity contribution in [3.8, 4) is 0 Å². The van der Waals surface area contributed by atoms with Gasteiger partial charge in [-0.3, -0.25) is 14.9 Å². The van der Waals surface area contributed by atoms with Crippen molar-refractivity contribution in [2.24, 2.45) is 5.73 Å². The van der Waals surface area contributed by atoms with Gasteiger partial charge >= 0.3 is 0 Å². The molecule has 0 saturated carbocycles. The summed E-state index contributed by atoms with van der Waals surface area (Å²) in [6.45, 7) is 2.36. The number of nitrogens with one attached hydrogen (secondary N) is 2. The Morgan fingerprint density at radius 1 is 1.38 bits per heavy atom. The molecule has 0 bridgehead atoms. The van der Waals surface area contributed by atoms with E-state index in [-0.39, 0.29) is 41.3 Å². The van der Waals surface area contributed by atoms with E-state index in [0.29, 0.717) is 12.8 Å². The molecule has 0 heterocycles. The van der Waals surface area contributed by atoms with E-state index in [1.807, 2.05) is 6.92 Å². The zero-order valence-electron chi connectivity index (χ0n) is 13.6. The number of nitrogens with zero attached hydrogens (tertiary/aromatic N) is 1. The Balaban J connectivity index is 2.62. The zero-order chi connectivity index (χ0) is 18.3. The summed E-state index contributed by atoms with van der Waals surface area (Å²) in [5.41, 5.74) is 5.42. The Morgan fingerprint density at radius 2 is 2.04 bits per heavy atom. The van der Waals surface area contributed by atoms with E-state index in [2.05, 4.69) is 10.6 Å². The monoisotopic (exact) mass is 358 g/mol. The highest BCUT2D eigenvalue weighted by molar-refractivity contribution is 7.90. The standard InChI is InChI=1S/C14H22N4O5S/c1-10(15)3-6-14(19)17-8-7-16-12-5-4-11(24(2,22)23)9-13(12)18(20)21/h4-5,9-10,16H,3,6-8,15H2,1-2H3,(H,17,19). The van der Waals surface area contributed by atoms with Crippen LogP contribution in [0.4, 0.5) is 11.4 Å². The first-order chi connectivity index (χ1) is 11.1. The molecule has 24 heavy (non-hydrogen) atoms. The van der Waals surface area contributed by atoms with E-state index < -0.39 is 14.8 Å². The average Bonchev–Trinajstić information content (AvgIpc) is 2.48. The number of hydrogen-bond donors (Lipinski definition) is 3. The highest BCUT2D eigenvalue weighted by Gasteiger charge is 2.18. The molecule has 4 N–H and O–H groups in total. The van der Waals surface area contributed by atoms with Gasteiger partial charge in [-0.15, -0.1) is 0 Å². The van der Waals surface area contributed by atoms with E-state index >= 15 is 0 Å². The molecule has 1 unspecified atom stereocenters. The Hall–Kier alpha value is -2.20. The summed E-state index contributed by atoms with van der Waals surface area (Å²) in [6, 6.07) is 3.60. The van der Waals surface area contributed by atoms with Gasteiger partial charge < -0.3 is 16.4 Å². The summed E-state index contributed by atoms with van der Waals surface area (Å²) < 4.78 is 22.9. The van der Waals surface area contributed by atoms with Crippen molar-refractivity contribution in [1.29, 1.82) is 0 Å². The summed E-state index contributed by atoms with van der Waals surface area (Å²) in [5.74, 6) is -0.143. The van der Waals surface area contributed by atoms with Crippen LogP contribution in [0.15, 0.2) is 23.1 Å². The summed E-state index contributed by atoms with van der Waals surface area (Å²) in [5, 5.41) is 16.6. The summed E-state index contributed by atoms with van der Waals surface area (Å²) in [7, 11) is -3.52. The fourth-order valence-corrected chi connectivity index (χ4v) is 2.53. The average molecular weight is 358 g/mol. The first kappa shape index (κ1) is 19.8. The number of carbonyl (C=O) groups is 1. The molecule has 0 radical (unpaired) electrons. The van der Waals surface area contributed by atoms with Gasteiger partial charge in [-0.2, -0.15) is 0 Å². The van der Waals surface area contributed by atoms with Crippen LogP contribution in [0, 0.1) is 10.1 Å². The van der Waals surface area contributed by atoms with Crippen molar-refractivity contribution < 1.29 is 18.1 Å². The lowest BCUT2D eigenvalue weighted by Crippen LogP contribution is -2.30. The fraction of sp³-hybridized carbons (Fsp3) is 0.500. The Bertz CT molecular complexity index is 703. The van der Waals surface area contributed by atoms with Gasteiger partial charge in [-0.1, -0.05) is 0 Å². The van der Waals surface area contributed by atoms with E-state index in [9.17, 15) is 23.3 Å². The number of nitro benzene ring substituents is 1. The van der Waals surface area contributed by atoms with Gasteiger partial charge in [0.15, 0.2) is 9.84 Å². The Labute approximate surface area is 140 Å². The lowest BCUT2D eigenvalue weighted by molar-refractivity contribution is -0.384. The number of benzene rings is 1. The molecule has 0 fully saturated rings. The van der Waals surface area contributed by atoms with Gasteiger partial charge in [0.05, 0.1) is 9.82 Å². The highest BCUT2D eigenvalue weighted by Crippen LogP contribution is 2.27. The van der Waals surface area contributed by atoms with E-state index in [0.717, 1.165) is 12.3 Å². The minimum atomic E-state index is -3.52. The number of nitrogens with two attached hydrogens (primary N) is 1. The second-order valence-electron chi connectivity index (χ2n) is 5.50. The molecular weight excluding hydrogens is 336 g/mol. The number of nitro groups is 1. The molecular formula is C14H22N4O5S. The van der Waals surface area contributed by atoms with Crippen LogP contribution in [-0.4, -0.2) is 44.6 Å². The second-order valence-corrected chi connectivity index (χ2v) is 7.52. The molecule has 9 nitrogen and oxygen atoms in total. The third kappa shape index (κ3) is 6.50. The largest absolute Gasteiger partial charge is 0.378 e. The number of sulfone groups is 1. The van der Waals surface area contributed by atoms with Gasteiger partial charge in [0.1, 0.15) is 5.69 Å². The smallest absolute Gasteiger partial charge is 0.293 e. The van der Waals surface area contributed by atoms with Crippen LogP contribution in [0.25, 0.3) is 0 Å². The molecule has 0 aliphatic carbocycles. The van der Waals surface area contributed by atoms with Gasteiger partial charge in [0, 0.05) is 37.9 Å². The lowest BCUT2D eigenvalue weighted by Gasteiger charge is -2.10. The minimum Gasteiger partial charge on any atom is -0.378 e. The Kier molecular flexibility index (Phi) is 7.11. The molecule has 1 atom stereocenters. The van der Waals surface area contributed by atoms with Crippen LogP contribution >= 0.6 is 0 Å². The molecule has 0 aliphatic rings. The maximum Gasteiger partial charge on any atom is 0.293 e. The number of anilines is 1. The third-order valence-corrected chi connectivity index (χ3v) is 4.29. The molecule has 1 aromatic rings. The number of carbonyl (C=O) groups excluding carboxylic acids is 1. The molecule has 1 amide bonds. The molecule has 0 saturated heterocycles. The van der Waals surface area contributed by atoms with Crippen LogP contribution in [0.5, 0.6) is 0 Å². The van der Waals surface area contributed by atoms with Crippen molar-refractivity contribution >= 4 is 27.1 Å². The molecule has 0 aromatic heterocycles. The molecule has 10 heteroatoms. The van der Waals surface area contributed by atoms with Gasteiger partial charge in [-0.25, -0.2) is 8.42 Å². The topological polar surface area (TPSA) is 144 Å². The maximum atomic E-state index is 11.5. The van der Waals surface area contributed by atoms with Crippen molar-refractivity contribution in [3.05, 3.63) is 28.3 Å². The predicted molar refractivity (Wildman–Crippen MR) is 90.6 cm³/mol. The SMILES string of the molecule is CC(N)CCC(=O)NCCNc1ccc(S(C)(=O)=O)cc1[N+](=O)[O-]. The minimum absolute atomic E-state index is 0.0510. The van der Waals surface area contributed by atoms with Crippen LogP contribution in [-0.2, 0) is 14.6 Å². The maximum absolute atomic E-state index is 11.5. The highest BCUT2D eigenvalue weighted by atomic mass is 32.2. The second kappa shape index (κ2) is 8.60. The molecule has 1 rings (SSSR count). The van der Waals surface area contributed by atoms with Crippen LogP contribution in [0.3, 0.4) is 0 Å². The van der Waals surface area contributed by atoms with Gasteiger partial charge in [0.25, 0.3) is 5.69 Å². The fourth-order valence-electron chi connectivity index (χ4n) is 1.89. The van der Waals surface area contributed by atoms with Crippen molar-refractivity contribution in [2.75, 3.05) is 24.7 Å². The van der Waals surface area contributed by atoms with Gasteiger partial charge in [0.2, 0.25) is 5.91 Å². The third-order valence-electron chi connectivity index (χ3n) is 3.18. The van der Waals surface area contributed by atoms with E-state index in [1.165, 1.54) is 12.1 Å². The van der Waals surface area contributed by atoms with Crippen molar-refractivity contribution in [1.82, 2.24) is 5.32 Å². The Morgan fingerprint density at radius 3 is 2.58 bits per heavy atom. The molecule has 1 aromatic carbocycles. The molecule has 0 aliphatic heterocycles. The van der Waals surface area contributed by atoms with Crippen molar-refractivity contribution in [2.45, 2.75) is 30.7 Å². The zero-order valence-corrected chi connectivity index (χ0v) is 14.4. The summed E-state index contributed by atoms with van der Waals surface area (Å²) >= 11 is 0. The lowest BCUT2D eigenvalue weighted by atomic mass is 10.2. The van der Waals surface area contributed by atoms with E-state index in [4.69, 9.17) is 5.73 Å². The summed E-state index contributed by atoms with van der Waals surface area (Å²) in [6.07, 6.45) is 1.88. The normalized spacial score (nSPS) is 12.5. The first-order valence-electron chi connectivity index (χ1n) is 7.36. The van der Waals surface area contributed by atoms with Crippen LogP contribution in [0.1, 0.15) is 19.8 Å². The predicted octanol–water partition coefficient (Wildman–Crippen LogP) is 0.654. The molecule has 0 spiro atoms. The number of rotatable bonds is 9. The first-order valence-corrected chi connectivity index (χ1v) is 9.25. The van der Waals surface area contributed by atoms with E-state index in [1.54, 1.807) is 0 Å². The van der Waals surface area contributed by atoms with Crippen LogP contribution in [0.2, 0.25) is 0 Å². The van der Waals surface area contributed by atoms with Crippen molar-refractivity contribution in [3.63, 3.8) is 0 Å². The number of hydrogen-bond acceptors (Lipinski definition) is 7. The summed E-state index contributed by atoms with van der Waals surface area (Å²) in [4.78, 5) is 21.8. The number of amides is 1. The quantitative estimate of drug-likeness (QED) is 0.334. The molecule has 134 valence electrons.